The highest BCUT2D eigenvalue weighted by atomic mass is 16.2. The largest absolute Gasteiger partial charge is 0.357 e. The Morgan fingerprint density at radius 3 is 2.48 bits per heavy atom. The maximum atomic E-state index is 11.9. The van der Waals surface area contributed by atoms with Gasteiger partial charge in [-0.2, -0.15) is 0 Å². The van der Waals surface area contributed by atoms with Crippen LogP contribution in [0.25, 0.3) is 0 Å². The number of amides is 1. The van der Waals surface area contributed by atoms with E-state index in [0.29, 0.717) is 0 Å². The first kappa shape index (κ1) is 19.0. The van der Waals surface area contributed by atoms with Gasteiger partial charge in [0.15, 0.2) is 5.96 Å². The normalized spacial score (nSPS) is 12.0. The summed E-state index contributed by atoms with van der Waals surface area (Å²) in [6, 6.07) is 8.29. The molecule has 5 heteroatoms. The Hall–Kier alpha value is -2.04. The molecule has 1 rings (SSSR count). The van der Waals surface area contributed by atoms with E-state index in [4.69, 9.17) is 0 Å². The Labute approximate surface area is 140 Å². The summed E-state index contributed by atoms with van der Waals surface area (Å²) in [5.74, 6) is 0.664. The first-order chi connectivity index (χ1) is 10.7. The number of aliphatic imine (C=N–C) groups is 1. The van der Waals surface area contributed by atoms with Gasteiger partial charge >= 0.3 is 0 Å². The Morgan fingerprint density at radius 1 is 1.26 bits per heavy atom. The van der Waals surface area contributed by atoms with E-state index in [2.05, 4.69) is 34.7 Å². The summed E-state index contributed by atoms with van der Waals surface area (Å²) in [7, 11) is 1.98. The van der Waals surface area contributed by atoms with Crippen molar-refractivity contribution in [3.8, 4) is 0 Å². The van der Waals surface area contributed by atoms with Crippen molar-refractivity contribution in [2.45, 2.75) is 46.7 Å². The molecule has 0 saturated heterocycles. The fourth-order valence-corrected chi connectivity index (χ4v) is 2.19. The molecule has 0 aliphatic carbocycles. The second-order valence-corrected chi connectivity index (χ2v) is 6.75. The van der Waals surface area contributed by atoms with Gasteiger partial charge in [-0.05, 0) is 45.7 Å². The van der Waals surface area contributed by atoms with Crippen molar-refractivity contribution in [1.29, 1.82) is 0 Å². The van der Waals surface area contributed by atoms with E-state index in [9.17, 15) is 4.79 Å². The minimum atomic E-state index is -0.238. The number of nitrogens with zero attached hydrogens (tertiary/aromatic N) is 2. The molecule has 0 radical (unpaired) electrons. The van der Waals surface area contributed by atoms with E-state index in [1.165, 1.54) is 11.1 Å². The Balaban J connectivity index is 2.74. The van der Waals surface area contributed by atoms with Crippen molar-refractivity contribution >= 4 is 11.9 Å². The third-order valence-corrected chi connectivity index (χ3v) is 3.25. The monoisotopic (exact) mass is 318 g/mol. The molecule has 2 N–H and O–H groups in total. The highest BCUT2D eigenvalue weighted by molar-refractivity contribution is 5.85. The lowest BCUT2D eigenvalue weighted by atomic mass is 10.1. The molecule has 0 saturated carbocycles. The second kappa shape index (κ2) is 8.56. The fourth-order valence-electron chi connectivity index (χ4n) is 2.19. The summed E-state index contributed by atoms with van der Waals surface area (Å²) < 4.78 is 0. The van der Waals surface area contributed by atoms with Gasteiger partial charge in [0.05, 0.1) is 0 Å². The third kappa shape index (κ3) is 7.17. The zero-order valence-electron chi connectivity index (χ0n) is 15.2. The van der Waals surface area contributed by atoms with Crippen molar-refractivity contribution in [3.63, 3.8) is 0 Å². The van der Waals surface area contributed by atoms with Crippen LogP contribution in [0, 0.1) is 6.92 Å². The minimum absolute atomic E-state index is 0.0720. The van der Waals surface area contributed by atoms with Crippen LogP contribution in [0.15, 0.2) is 29.3 Å². The van der Waals surface area contributed by atoms with E-state index < -0.39 is 0 Å². The van der Waals surface area contributed by atoms with Crippen LogP contribution < -0.4 is 10.6 Å². The summed E-state index contributed by atoms with van der Waals surface area (Å²) in [6.07, 6.45) is 0. The number of guanidine groups is 1. The van der Waals surface area contributed by atoms with Crippen molar-refractivity contribution in [1.82, 2.24) is 15.5 Å². The van der Waals surface area contributed by atoms with Crippen LogP contribution in [0.4, 0.5) is 0 Å². The molecule has 0 unspecified atom stereocenters. The highest BCUT2D eigenvalue weighted by Crippen LogP contribution is 2.09. The summed E-state index contributed by atoms with van der Waals surface area (Å²) in [5.41, 5.74) is 2.26. The lowest BCUT2D eigenvalue weighted by Gasteiger charge is -2.23. The van der Waals surface area contributed by atoms with E-state index >= 15 is 0 Å². The van der Waals surface area contributed by atoms with Crippen molar-refractivity contribution in [2.24, 2.45) is 4.99 Å². The number of rotatable bonds is 5. The van der Waals surface area contributed by atoms with Crippen LogP contribution in [-0.4, -0.2) is 42.4 Å². The first-order valence-electron chi connectivity index (χ1n) is 8.08. The first-order valence-corrected chi connectivity index (χ1v) is 8.08. The molecule has 0 aliphatic heterocycles. The van der Waals surface area contributed by atoms with Crippen LogP contribution in [0.5, 0.6) is 0 Å². The Morgan fingerprint density at radius 2 is 1.91 bits per heavy atom. The van der Waals surface area contributed by atoms with Crippen molar-refractivity contribution in [3.05, 3.63) is 35.4 Å². The van der Waals surface area contributed by atoms with Crippen LogP contribution >= 0.6 is 0 Å². The SMILES string of the molecule is CCNC(=NCC(=O)NC(C)(C)C)N(C)Cc1ccccc1C. The minimum Gasteiger partial charge on any atom is -0.357 e. The second-order valence-electron chi connectivity index (χ2n) is 6.75. The molecule has 128 valence electrons. The molecule has 0 fully saturated rings. The van der Waals surface area contributed by atoms with Crippen molar-refractivity contribution < 1.29 is 4.79 Å². The van der Waals surface area contributed by atoms with E-state index in [1.807, 2.05) is 51.8 Å². The van der Waals surface area contributed by atoms with Crippen LogP contribution in [-0.2, 0) is 11.3 Å². The lowest BCUT2D eigenvalue weighted by molar-refractivity contribution is -0.121. The fraction of sp³-hybridized carbons (Fsp3) is 0.556. The number of carbonyl (C=O) groups excluding carboxylic acids is 1. The highest BCUT2D eigenvalue weighted by Gasteiger charge is 2.14. The van der Waals surface area contributed by atoms with Gasteiger partial charge in [-0.25, -0.2) is 4.99 Å². The number of hydrogen-bond donors (Lipinski definition) is 2. The summed E-state index contributed by atoms with van der Waals surface area (Å²) in [6.45, 7) is 11.6. The molecule has 1 aromatic carbocycles. The van der Waals surface area contributed by atoms with Crippen LogP contribution in [0.3, 0.4) is 0 Å². The van der Waals surface area contributed by atoms with Gasteiger partial charge < -0.3 is 15.5 Å². The third-order valence-electron chi connectivity index (χ3n) is 3.25. The molecular formula is C18H30N4O. The molecule has 0 spiro atoms. The van der Waals surface area contributed by atoms with E-state index in [-0.39, 0.29) is 18.0 Å². The van der Waals surface area contributed by atoms with Crippen LogP contribution in [0.2, 0.25) is 0 Å². The topological polar surface area (TPSA) is 56.7 Å². The number of aryl methyl sites for hydroxylation is 1. The van der Waals surface area contributed by atoms with Gasteiger partial charge in [0.25, 0.3) is 0 Å². The predicted octanol–water partition coefficient (Wildman–Crippen LogP) is 2.31. The summed E-state index contributed by atoms with van der Waals surface area (Å²) in [4.78, 5) is 18.4. The average Bonchev–Trinajstić information content (AvgIpc) is 2.44. The maximum Gasteiger partial charge on any atom is 0.242 e. The lowest BCUT2D eigenvalue weighted by Crippen LogP contribution is -2.43. The Bertz CT molecular complexity index is 546. The van der Waals surface area contributed by atoms with Gasteiger partial charge in [-0.3, -0.25) is 4.79 Å². The molecule has 0 bridgehead atoms. The van der Waals surface area contributed by atoms with Gasteiger partial charge in [-0.1, -0.05) is 24.3 Å². The number of hydrogen-bond acceptors (Lipinski definition) is 2. The number of carbonyl (C=O) groups is 1. The summed E-state index contributed by atoms with van der Waals surface area (Å²) >= 11 is 0. The molecule has 0 heterocycles. The molecule has 0 aromatic heterocycles. The average molecular weight is 318 g/mol. The summed E-state index contributed by atoms with van der Waals surface area (Å²) in [5, 5.41) is 6.16. The quantitative estimate of drug-likeness (QED) is 0.647. The molecule has 1 aromatic rings. The zero-order chi connectivity index (χ0) is 17.5. The van der Waals surface area contributed by atoms with Gasteiger partial charge in [0.1, 0.15) is 6.54 Å². The van der Waals surface area contributed by atoms with Crippen molar-refractivity contribution in [2.75, 3.05) is 20.1 Å². The standard InChI is InChI=1S/C18H30N4O/c1-7-19-17(20-12-16(23)21-18(3,4)5)22(6)13-15-11-9-8-10-14(15)2/h8-11H,7,12-13H2,1-6H3,(H,19,20)(H,21,23). The molecule has 23 heavy (non-hydrogen) atoms. The number of nitrogens with one attached hydrogen (secondary N) is 2. The van der Waals surface area contributed by atoms with E-state index in [1.54, 1.807) is 0 Å². The smallest absolute Gasteiger partial charge is 0.242 e. The van der Waals surface area contributed by atoms with Crippen LogP contribution in [0.1, 0.15) is 38.8 Å². The maximum absolute atomic E-state index is 11.9. The van der Waals surface area contributed by atoms with Gasteiger partial charge in [-0.15, -0.1) is 0 Å². The molecular weight excluding hydrogens is 288 g/mol. The predicted molar refractivity (Wildman–Crippen MR) is 96.5 cm³/mol. The zero-order valence-corrected chi connectivity index (χ0v) is 15.2. The molecule has 0 aliphatic rings. The Kier molecular flexibility index (Phi) is 7.07. The molecule has 0 atom stereocenters. The molecule has 5 nitrogen and oxygen atoms in total. The molecule has 1 amide bonds. The van der Waals surface area contributed by atoms with Gasteiger partial charge in [0, 0.05) is 25.7 Å². The van der Waals surface area contributed by atoms with E-state index in [0.717, 1.165) is 19.0 Å². The van der Waals surface area contributed by atoms with Gasteiger partial charge in [0.2, 0.25) is 5.91 Å². The number of benzene rings is 1.